The SMILES string of the molecule is CC1(C2C=Cc3noc(-c4ccc(F)cc4)c3C2)NC(=O)N(c2cccc(F)c2)N1. The highest BCUT2D eigenvalue weighted by atomic mass is 19.1. The molecule has 8 heteroatoms. The molecule has 2 unspecified atom stereocenters. The smallest absolute Gasteiger partial charge is 0.338 e. The molecule has 2 aliphatic rings. The summed E-state index contributed by atoms with van der Waals surface area (Å²) < 4.78 is 32.4. The van der Waals surface area contributed by atoms with Gasteiger partial charge in [0, 0.05) is 17.0 Å². The Bertz CT molecular complexity index is 1160. The minimum Gasteiger partial charge on any atom is -0.355 e. The Morgan fingerprint density at radius 3 is 2.73 bits per heavy atom. The van der Waals surface area contributed by atoms with E-state index in [0.717, 1.165) is 11.1 Å². The van der Waals surface area contributed by atoms with Gasteiger partial charge in [-0.1, -0.05) is 17.3 Å². The zero-order valence-electron chi connectivity index (χ0n) is 16.0. The van der Waals surface area contributed by atoms with E-state index in [0.29, 0.717) is 23.6 Å². The maximum absolute atomic E-state index is 13.6. The number of hydrazine groups is 1. The number of anilines is 1. The van der Waals surface area contributed by atoms with E-state index in [1.807, 2.05) is 19.1 Å². The van der Waals surface area contributed by atoms with Crippen LogP contribution in [0.15, 0.2) is 59.1 Å². The van der Waals surface area contributed by atoms with Crippen LogP contribution in [0.2, 0.25) is 0 Å². The number of hydrogen-bond donors (Lipinski definition) is 2. The van der Waals surface area contributed by atoms with Crippen molar-refractivity contribution in [3.8, 4) is 11.3 Å². The molecule has 0 saturated carbocycles. The van der Waals surface area contributed by atoms with Crippen molar-refractivity contribution in [2.24, 2.45) is 5.92 Å². The molecule has 3 aromatic rings. The molecule has 2 heterocycles. The van der Waals surface area contributed by atoms with E-state index in [9.17, 15) is 13.6 Å². The maximum atomic E-state index is 13.6. The number of halogens is 2. The molecule has 1 aromatic heterocycles. The number of benzene rings is 2. The molecule has 5 rings (SSSR count). The molecule has 0 spiro atoms. The summed E-state index contributed by atoms with van der Waals surface area (Å²) in [5.41, 5.74) is 5.10. The van der Waals surface area contributed by atoms with Gasteiger partial charge in [-0.15, -0.1) is 0 Å². The molecule has 1 fully saturated rings. The monoisotopic (exact) mass is 408 g/mol. The maximum Gasteiger partial charge on any atom is 0.338 e. The lowest BCUT2D eigenvalue weighted by atomic mass is 9.83. The molecule has 2 atom stereocenters. The second-order valence-electron chi connectivity index (χ2n) is 7.61. The summed E-state index contributed by atoms with van der Waals surface area (Å²) in [6, 6.07) is 11.5. The van der Waals surface area contributed by atoms with Gasteiger partial charge in [-0.25, -0.2) is 18.6 Å². The summed E-state index contributed by atoms with van der Waals surface area (Å²) in [6.45, 7) is 1.87. The van der Waals surface area contributed by atoms with Crippen molar-refractivity contribution in [3.63, 3.8) is 0 Å². The van der Waals surface area contributed by atoms with Gasteiger partial charge in [-0.3, -0.25) is 0 Å². The fourth-order valence-corrected chi connectivity index (χ4v) is 3.93. The number of nitrogens with zero attached hydrogens (tertiary/aromatic N) is 2. The Kier molecular flexibility index (Phi) is 4.18. The molecule has 1 saturated heterocycles. The highest BCUT2D eigenvalue weighted by Crippen LogP contribution is 2.37. The van der Waals surface area contributed by atoms with Gasteiger partial charge in [0.1, 0.15) is 23.0 Å². The molecule has 6 nitrogen and oxygen atoms in total. The summed E-state index contributed by atoms with van der Waals surface area (Å²) in [6.07, 6.45) is 4.36. The van der Waals surface area contributed by atoms with Gasteiger partial charge in [-0.2, -0.15) is 5.43 Å². The number of carbonyl (C=O) groups excluding carboxylic acids is 1. The lowest BCUT2D eigenvalue weighted by molar-refractivity contribution is 0.238. The lowest BCUT2D eigenvalue weighted by Crippen LogP contribution is -2.54. The molecule has 0 bridgehead atoms. The molecular formula is C22H18F2N4O2. The second kappa shape index (κ2) is 6.77. The Morgan fingerprint density at radius 1 is 1.17 bits per heavy atom. The highest BCUT2D eigenvalue weighted by Gasteiger charge is 2.45. The van der Waals surface area contributed by atoms with E-state index < -0.39 is 11.5 Å². The predicted octanol–water partition coefficient (Wildman–Crippen LogP) is 4.26. The first-order valence-electron chi connectivity index (χ1n) is 9.51. The van der Waals surface area contributed by atoms with Gasteiger partial charge in [0.2, 0.25) is 0 Å². The van der Waals surface area contributed by atoms with Crippen LogP contribution in [0.5, 0.6) is 0 Å². The molecule has 152 valence electrons. The summed E-state index contributed by atoms with van der Waals surface area (Å²) in [7, 11) is 0. The standard InChI is InChI=1S/C22H18F2N4O2/c1-22(25-21(29)28(27-22)17-4-2-3-16(24)12-17)14-7-10-19-18(11-14)20(30-26-19)13-5-8-15(23)9-6-13/h2-10,12,14,27H,11H2,1H3,(H,25,29). The molecule has 2 aromatic carbocycles. The average molecular weight is 408 g/mol. The molecule has 0 radical (unpaired) electrons. The van der Waals surface area contributed by atoms with Crippen LogP contribution in [0.1, 0.15) is 18.2 Å². The fourth-order valence-electron chi connectivity index (χ4n) is 3.93. The Hall–Kier alpha value is -3.52. The molecule has 1 aliphatic carbocycles. The van der Waals surface area contributed by atoms with Crippen LogP contribution < -0.4 is 15.8 Å². The van der Waals surface area contributed by atoms with Crippen molar-refractivity contribution in [2.75, 3.05) is 5.01 Å². The largest absolute Gasteiger partial charge is 0.355 e. The van der Waals surface area contributed by atoms with E-state index in [-0.39, 0.29) is 17.8 Å². The van der Waals surface area contributed by atoms with Gasteiger partial charge in [0.25, 0.3) is 0 Å². The van der Waals surface area contributed by atoms with Crippen LogP contribution in [-0.2, 0) is 6.42 Å². The van der Waals surface area contributed by atoms with Crippen LogP contribution in [0.25, 0.3) is 17.4 Å². The first kappa shape index (κ1) is 18.5. The fraction of sp³-hybridized carbons (Fsp3) is 0.182. The molecular weight excluding hydrogens is 390 g/mol. The normalized spacial score (nSPS) is 22.8. The van der Waals surface area contributed by atoms with Gasteiger partial charge < -0.3 is 9.84 Å². The number of nitrogens with one attached hydrogen (secondary N) is 2. The third-order valence-electron chi connectivity index (χ3n) is 5.56. The van der Waals surface area contributed by atoms with Gasteiger partial charge in [-0.05, 0) is 61.9 Å². The minimum absolute atomic E-state index is 0.133. The van der Waals surface area contributed by atoms with Crippen molar-refractivity contribution >= 4 is 17.8 Å². The van der Waals surface area contributed by atoms with E-state index in [1.54, 1.807) is 24.3 Å². The van der Waals surface area contributed by atoms with Crippen LogP contribution >= 0.6 is 0 Å². The van der Waals surface area contributed by atoms with E-state index in [2.05, 4.69) is 15.9 Å². The average Bonchev–Trinajstić information content (AvgIpc) is 3.29. The second-order valence-corrected chi connectivity index (χ2v) is 7.61. The quantitative estimate of drug-likeness (QED) is 0.680. The van der Waals surface area contributed by atoms with Crippen molar-refractivity contribution in [1.82, 2.24) is 15.9 Å². The van der Waals surface area contributed by atoms with Crippen LogP contribution in [0.3, 0.4) is 0 Å². The lowest BCUT2D eigenvalue weighted by Gasteiger charge is -2.33. The van der Waals surface area contributed by atoms with Gasteiger partial charge in [0.15, 0.2) is 5.76 Å². The first-order chi connectivity index (χ1) is 14.4. The minimum atomic E-state index is -0.811. The van der Waals surface area contributed by atoms with Crippen molar-refractivity contribution in [1.29, 1.82) is 0 Å². The zero-order valence-corrected chi connectivity index (χ0v) is 16.0. The summed E-state index contributed by atoms with van der Waals surface area (Å²) in [5, 5.41) is 8.38. The van der Waals surface area contributed by atoms with Crippen molar-refractivity contribution in [2.45, 2.75) is 19.0 Å². The topological polar surface area (TPSA) is 70.4 Å². The van der Waals surface area contributed by atoms with Crippen LogP contribution in [0.4, 0.5) is 19.3 Å². The van der Waals surface area contributed by atoms with Gasteiger partial charge in [0.05, 0.1) is 5.69 Å². The number of hydrogen-bond acceptors (Lipinski definition) is 4. The highest BCUT2D eigenvalue weighted by molar-refractivity contribution is 5.93. The number of amides is 2. The number of carbonyl (C=O) groups is 1. The van der Waals surface area contributed by atoms with Crippen LogP contribution in [0, 0.1) is 17.6 Å². The van der Waals surface area contributed by atoms with Crippen LogP contribution in [-0.4, -0.2) is 16.9 Å². The first-order valence-corrected chi connectivity index (χ1v) is 9.51. The van der Waals surface area contributed by atoms with Crippen molar-refractivity contribution in [3.05, 3.63) is 77.5 Å². The Morgan fingerprint density at radius 2 is 1.97 bits per heavy atom. The Balaban J connectivity index is 1.43. The number of aromatic nitrogens is 1. The third kappa shape index (κ3) is 3.05. The molecule has 2 N–H and O–H groups in total. The van der Waals surface area contributed by atoms with E-state index >= 15 is 0 Å². The number of urea groups is 1. The third-order valence-corrected chi connectivity index (χ3v) is 5.56. The summed E-state index contributed by atoms with van der Waals surface area (Å²) in [5.74, 6) is -0.306. The van der Waals surface area contributed by atoms with E-state index in [4.69, 9.17) is 4.52 Å². The molecule has 2 amide bonds. The molecule has 1 aliphatic heterocycles. The van der Waals surface area contributed by atoms with Gasteiger partial charge >= 0.3 is 6.03 Å². The number of rotatable bonds is 3. The predicted molar refractivity (Wildman–Crippen MR) is 107 cm³/mol. The summed E-state index contributed by atoms with van der Waals surface area (Å²) >= 11 is 0. The summed E-state index contributed by atoms with van der Waals surface area (Å²) in [4.78, 5) is 12.6. The molecule has 30 heavy (non-hydrogen) atoms. The number of fused-ring (bicyclic) bond motifs is 1. The van der Waals surface area contributed by atoms with E-state index in [1.165, 1.54) is 29.3 Å². The zero-order chi connectivity index (χ0) is 20.9. The Labute approximate surface area is 171 Å². The van der Waals surface area contributed by atoms with Crippen molar-refractivity contribution < 1.29 is 18.1 Å².